The molecule has 0 aliphatic carbocycles. The van der Waals surface area contributed by atoms with Crippen molar-refractivity contribution in [2.45, 2.75) is 11.6 Å². The summed E-state index contributed by atoms with van der Waals surface area (Å²) in [6.07, 6.45) is 0. The fraction of sp³-hybridized carbons (Fsp3) is 1.00. The van der Waals surface area contributed by atoms with Gasteiger partial charge in [0.15, 0.2) is 10.0 Å². The van der Waals surface area contributed by atoms with Crippen LogP contribution in [0.4, 0.5) is 0 Å². The van der Waals surface area contributed by atoms with Gasteiger partial charge in [0.05, 0.1) is 0 Å². The van der Waals surface area contributed by atoms with E-state index >= 15 is 0 Å². The highest BCUT2D eigenvalue weighted by molar-refractivity contribution is 4.72. The molecule has 0 aliphatic heterocycles. The van der Waals surface area contributed by atoms with E-state index < -0.39 is 64.2 Å². The summed E-state index contributed by atoms with van der Waals surface area (Å²) in [5, 5.41) is 71.8. The molecule has 0 heterocycles. The molecule has 0 aromatic heterocycles. The minimum atomic E-state index is -4.91. The summed E-state index contributed by atoms with van der Waals surface area (Å²) in [6.45, 7) is -5.34. The molecule has 22 heteroatoms. The topological polar surface area (TPSA) is 305 Å². The van der Waals surface area contributed by atoms with Crippen LogP contribution in [0.5, 0.6) is 0 Å². The number of nitrogens with zero attached hydrogens (tertiary/aromatic N) is 8. The van der Waals surface area contributed by atoms with Crippen molar-refractivity contribution in [3.63, 3.8) is 0 Å². The van der Waals surface area contributed by atoms with Crippen LogP contribution >= 0.6 is 0 Å². The van der Waals surface area contributed by atoms with E-state index in [4.69, 9.17) is 0 Å². The second-order valence-electron chi connectivity index (χ2n) is 4.11. The van der Waals surface area contributed by atoms with Gasteiger partial charge < -0.3 is 0 Å². The standard InChI is InChI=1S/C4H4N8O14/c13-5(14)1-3(8(17)18,9(19)20)7(12(25)26)4(10(21)22,11(23)24)2-6(15)16/h1-2H2. The van der Waals surface area contributed by atoms with Crippen LogP contribution in [-0.2, 0) is 0 Å². The van der Waals surface area contributed by atoms with Gasteiger partial charge in [-0.1, -0.05) is 0 Å². The average Bonchev–Trinajstić information content (AvgIpc) is 2.42. The Labute approximate surface area is 136 Å². The first kappa shape index (κ1) is 21.6. The molecule has 0 saturated carbocycles. The van der Waals surface area contributed by atoms with E-state index in [0.29, 0.717) is 0 Å². The Bertz CT molecular complexity index is 619. The van der Waals surface area contributed by atoms with E-state index in [9.17, 15) is 70.8 Å². The van der Waals surface area contributed by atoms with Gasteiger partial charge in [-0.2, -0.15) is 0 Å². The van der Waals surface area contributed by atoms with Gasteiger partial charge in [-0.15, -0.1) is 0 Å². The molecule has 0 aromatic carbocycles. The third-order valence-electron chi connectivity index (χ3n) is 2.69. The van der Waals surface area contributed by atoms with E-state index in [1.807, 2.05) is 0 Å². The van der Waals surface area contributed by atoms with Crippen LogP contribution in [-0.4, -0.2) is 64.2 Å². The van der Waals surface area contributed by atoms with E-state index in [1.165, 1.54) is 0 Å². The summed E-state index contributed by atoms with van der Waals surface area (Å²) in [5.74, 6) is -9.83. The summed E-state index contributed by atoms with van der Waals surface area (Å²) in [5.41, 5.74) is 0. The van der Waals surface area contributed by atoms with Gasteiger partial charge in [-0.25, -0.2) is 10.1 Å². The molecule has 0 aromatic rings. The van der Waals surface area contributed by atoms with Crippen molar-refractivity contribution in [3.8, 4) is 0 Å². The average molecular weight is 388 g/mol. The predicted molar refractivity (Wildman–Crippen MR) is 66.0 cm³/mol. The van der Waals surface area contributed by atoms with E-state index in [2.05, 4.69) is 0 Å². The van der Waals surface area contributed by atoms with E-state index in [0.717, 1.165) is 0 Å². The van der Waals surface area contributed by atoms with E-state index in [1.54, 1.807) is 0 Å². The van der Waals surface area contributed by atoms with Crippen LogP contribution in [0.3, 0.4) is 0 Å². The summed E-state index contributed by atoms with van der Waals surface area (Å²) in [4.78, 5) is 62.9. The van der Waals surface area contributed by atoms with Gasteiger partial charge in [0.1, 0.15) is 19.7 Å². The molecule has 0 atom stereocenters. The predicted octanol–water partition coefficient (Wildman–Crippen LogP) is -2.55. The molecule has 0 saturated heterocycles. The molecule has 0 radical (unpaired) electrons. The van der Waals surface area contributed by atoms with Gasteiger partial charge in [-0.3, -0.25) is 60.7 Å². The maximum atomic E-state index is 11.0. The first-order valence-corrected chi connectivity index (χ1v) is 5.44. The molecule has 0 amide bonds. The van der Waals surface area contributed by atoms with Gasteiger partial charge >= 0.3 is 24.7 Å². The van der Waals surface area contributed by atoms with Crippen LogP contribution < -0.4 is 0 Å². The Morgan fingerprint density at radius 3 is 0.885 bits per heavy atom. The number of hydrogen-bond donors (Lipinski definition) is 0. The first-order valence-electron chi connectivity index (χ1n) is 5.44. The third-order valence-corrected chi connectivity index (χ3v) is 2.69. The second kappa shape index (κ2) is 7.01. The number of nitro groups is 7. The second-order valence-corrected chi connectivity index (χ2v) is 4.11. The molecule has 0 spiro atoms. The van der Waals surface area contributed by atoms with Gasteiger partial charge in [0, 0.05) is 9.85 Å². The summed E-state index contributed by atoms with van der Waals surface area (Å²) in [7, 11) is 0. The summed E-state index contributed by atoms with van der Waals surface area (Å²) < 4.78 is 0. The molecular formula is C4H4N8O14. The highest BCUT2D eigenvalue weighted by atomic mass is 16.8. The monoisotopic (exact) mass is 388 g/mol. The Morgan fingerprint density at radius 2 is 0.769 bits per heavy atom. The number of hydrazine groups is 1. The molecule has 0 unspecified atom stereocenters. The molecular weight excluding hydrogens is 384 g/mol. The lowest BCUT2D eigenvalue weighted by Gasteiger charge is -2.22. The Balaban J connectivity index is 7.27. The van der Waals surface area contributed by atoms with Crippen molar-refractivity contribution >= 4 is 0 Å². The van der Waals surface area contributed by atoms with Crippen molar-refractivity contribution in [1.29, 1.82) is 0 Å². The molecule has 0 fully saturated rings. The Hall–Kier alpha value is -4.40. The van der Waals surface area contributed by atoms with Crippen LogP contribution in [0.1, 0.15) is 0 Å². The smallest absolute Gasteiger partial charge is 0.264 e. The molecule has 144 valence electrons. The largest absolute Gasteiger partial charge is 0.668 e. The fourth-order valence-corrected chi connectivity index (χ4v) is 1.70. The van der Waals surface area contributed by atoms with Crippen molar-refractivity contribution in [2.24, 2.45) is 0 Å². The molecule has 0 N–H and O–H groups in total. The van der Waals surface area contributed by atoms with E-state index in [-0.39, 0.29) is 0 Å². The SMILES string of the molecule is O=[N+]([O-])CC(N([N+](=O)[O-])C(C[N+](=O)[O-])([N+](=O)[O-])[N+](=O)[O-])([N+](=O)[O-])[N+](=O)[O-]. The Kier molecular flexibility index (Phi) is 5.82. The molecule has 0 rings (SSSR count). The molecule has 0 aliphatic rings. The fourth-order valence-electron chi connectivity index (χ4n) is 1.70. The highest BCUT2D eigenvalue weighted by Gasteiger charge is 2.91. The maximum absolute atomic E-state index is 11.0. The van der Waals surface area contributed by atoms with Gasteiger partial charge in [-0.05, 0) is 0 Å². The molecule has 26 heavy (non-hydrogen) atoms. The first-order chi connectivity index (χ1) is 11.7. The minimum absolute atomic E-state index is 1.89. The zero-order chi connectivity index (χ0) is 21.0. The highest BCUT2D eigenvalue weighted by Crippen LogP contribution is 2.30. The molecule has 0 bridgehead atoms. The number of rotatable bonds is 11. The van der Waals surface area contributed by atoms with Crippen LogP contribution in [0.2, 0.25) is 0 Å². The minimum Gasteiger partial charge on any atom is -0.264 e. The van der Waals surface area contributed by atoms with Crippen molar-refractivity contribution < 1.29 is 34.6 Å². The van der Waals surface area contributed by atoms with Crippen LogP contribution in [0.15, 0.2) is 0 Å². The van der Waals surface area contributed by atoms with Crippen molar-refractivity contribution in [1.82, 2.24) is 5.01 Å². The third kappa shape index (κ3) is 3.26. The van der Waals surface area contributed by atoms with Crippen molar-refractivity contribution in [3.05, 3.63) is 70.8 Å². The summed E-state index contributed by atoms with van der Waals surface area (Å²) in [6, 6.07) is 0. The lowest BCUT2D eigenvalue weighted by Crippen LogP contribution is -2.78. The van der Waals surface area contributed by atoms with Crippen molar-refractivity contribution in [2.75, 3.05) is 13.1 Å². The zero-order valence-corrected chi connectivity index (χ0v) is 11.7. The summed E-state index contributed by atoms with van der Waals surface area (Å²) >= 11 is 0. The normalized spacial score (nSPS) is 11.2. The maximum Gasteiger partial charge on any atom is 0.668 e. The van der Waals surface area contributed by atoms with Gasteiger partial charge in [0.25, 0.3) is 0 Å². The zero-order valence-electron chi connectivity index (χ0n) is 11.7. The lowest BCUT2D eigenvalue weighted by atomic mass is 10.2. The molecule has 22 nitrogen and oxygen atoms in total. The lowest BCUT2D eigenvalue weighted by molar-refractivity contribution is -0.993. The van der Waals surface area contributed by atoms with Gasteiger partial charge in [0.2, 0.25) is 0 Å². The van der Waals surface area contributed by atoms with Crippen LogP contribution in [0.25, 0.3) is 0 Å². The number of hydrogen-bond acceptors (Lipinski definition) is 14. The Morgan fingerprint density at radius 1 is 0.538 bits per heavy atom. The quantitative estimate of drug-likeness (QED) is 0.199. The van der Waals surface area contributed by atoms with Crippen LogP contribution in [0, 0.1) is 70.8 Å².